The third-order valence-electron chi connectivity index (χ3n) is 4.71. The van der Waals surface area contributed by atoms with Crippen molar-refractivity contribution in [3.63, 3.8) is 0 Å². The quantitative estimate of drug-likeness (QED) is 0.519. The number of ether oxygens (including phenoxy) is 1. The molecule has 1 aliphatic rings. The molecule has 8 heteroatoms. The summed E-state index contributed by atoms with van der Waals surface area (Å²) < 4.78 is 32.1. The highest BCUT2D eigenvalue weighted by atomic mass is 32.2. The molecule has 1 saturated heterocycles. The number of guanidine groups is 1. The van der Waals surface area contributed by atoms with E-state index < -0.39 is 10.0 Å². The minimum Gasteiger partial charge on any atom is -0.488 e. The van der Waals surface area contributed by atoms with Crippen LogP contribution in [0.3, 0.4) is 0 Å². The van der Waals surface area contributed by atoms with E-state index in [0.717, 1.165) is 24.2 Å². The fraction of sp³-hybridized carbons (Fsp3) is 0.667. The summed E-state index contributed by atoms with van der Waals surface area (Å²) in [5.74, 6) is 1.80. The molecule has 0 bridgehead atoms. The lowest BCUT2D eigenvalue weighted by Gasteiger charge is -2.32. The summed E-state index contributed by atoms with van der Waals surface area (Å²) in [4.78, 5) is 4.32. The van der Waals surface area contributed by atoms with Gasteiger partial charge < -0.3 is 15.4 Å². The van der Waals surface area contributed by atoms with Crippen LogP contribution in [-0.2, 0) is 16.6 Å². The Hall–Kier alpha value is -1.80. The topological polar surface area (TPSA) is 83.0 Å². The SMILES string of the molecule is CCCS(=O)(=O)N1CCC(NC(=NC)NCc2ccccc2OC(C)(C)C)CC1. The Morgan fingerprint density at radius 1 is 1.24 bits per heavy atom. The molecule has 0 aliphatic carbocycles. The molecule has 2 rings (SSSR count). The highest BCUT2D eigenvalue weighted by Crippen LogP contribution is 2.23. The van der Waals surface area contributed by atoms with E-state index in [-0.39, 0.29) is 17.4 Å². The van der Waals surface area contributed by atoms with Crippen molar-refractivity contribution in [2.24, 2.45) is 4.99 Å². The third-order valence-corrected chi connectivity index (χ3v) is 6.78. The van der Waals surface area contributed by atoms with Crippen LogP contribution in [0, 0.1) is 0 Å². The van der Waals surface area contributed by atoms with E-state index in [1.807, 2.05) is 52.0 Å². The van der Waals surface area contributed by atoms with Gasteiger partial charge >= 0.3 is 0 Å². The Morgan fingerprint density at radius 2 is 1.90 bits per heavy atom. The first kappa shape index (κ1) is 23.5. The normalized spacial score (nSPS) is 17.2. The van der Waals surface area contributed by atoms with E-state index >= 15 is 0 Å². The molecule has 0 saturated carbocycles. The van der Waals surface area contributed by atoms with Crippen molar-refractivity contribution in [1.29, 1.82) is 0 Å². The number of nitrogens with zero attached hydrogens (tertiary/aromatic N) is 2. The molecule has 1 aromatic carbocycles. The van der Waals surface area contributed by atoms with Gasteiger partial charge in [0.15, 0.2) is 5.96 Å². The summed E-state index contributed by atoms with van der Waals surface area (Å²) in [6, 6.07) is 8.19. The molecule has 29 heavy (non-hydrogen) atoms. The third kappa shape index (κ3) is 7.51. The lowest BCUT2D eigenvalue weighted by Crippen LogP contribution is -2.49. The molecule has 0 radical (unpaired) electrons. The van der Waals surface area contributed by atoms with Gasteiger partial charge in [-0.3, -0.25) is 4.99 Å². The Balaban J connectivity index is 1.89. The fourth-order valence-electron chi connectivity index (χ4n) is 3.31. The van der Waals surface area contributed by atoms with Gasteiger partial charge in [-0.1, -0.05) is 25.1 Å². The second-order valence-electron chi connectivity index (χ2n) is 8.38. The van der Waals surface area contributed by atoms with Crippen molar-refractivity contribution < 1.29 is 13.2 Å². The summed E-state index contributed by atoms with van der Waals surface area (Å²) in [5, 5.41) is 6.77. The smallest absolute Gasteiger partial charge is 0.214 e. The molecule has 164 valence electrons. The van der Waals surface area contributed by atoms with Gasteiger partial charge in [-0.05, 0) is 46.1 Å². The Kier molecular flexibility index (Phi) is 8.34. The maximum Gasteiger partial charge on any atom is 0.214 e. The van der Waals surface area contributed by atoms with Crippen LogP contribution in [0.25, 0.3) is 0 Å². The first-order valence-electron chi connectivity index (χ1n) is 10.4. The molecule has 2 N–H and O–H groups in total. The van der Waals surface area contributed by atoms with Crippen LogP contribution in [0.15, 0.2) is 29.3 Å². The number of sulfonamides is 1. The predicted molar refractivity (Wildman–Crippen MR) is 119 cm³/mol. The van der Waals surface area contributed by atoms with E-state index in [9.17, 15) is 8.42 Å². The number of piperidine rings is 1. The van der Waals surface area contributed by atoms with E-state index in [0.29, 0.717) is 32.0 Å². The van der Waals surface area contributed by atoms with E-state index in [1.54, 1.807) is 11.4 Å². The number of para-hydroxylation sites is 1. The molecule has 0 unspecified atom stereocenters. The average molecular weight is 425 g/mol. The monoisotopic (exact) mass is 424 g/mol. The number of nitrogens with one attached hydrogen (secondary N) is 2. The van der Waals surface area contributed by atoms with Gasteiger partial charge in [0.25, 0.3) is 0 Å². The summed E-state index contributed by atoms with van der Waals surface area (Å²) in [5.41, 5.74) is 0.799. The van der Waals surface area contributed by atoms with E-state index in [4.69, 9.17) is 4.74 Å². The number of rotatable bonds is 7. The first-order valence-corrected chi connectivity index (χ1v) is 12.0. The van der Waals surface area contributed by atoms with Crippen LogP contribution in [0.5, 0.6) is 5.75 Å². The number of hydrogen-bond donors (Lipinski definition) is 2. The van der Waals surface area contributed by atoms with Crippen LogP contribution < -0.4 is 15.4 Å². The minimum absolute atomic E-state index is 0.204. The second kappa shape index (κ2) is 10.3. The van der Waals surface area contributed by atoms with Gasteiger partial charge in [0.05, 0.1) is 5.75 Å². The minimum atomic E-state index is -3.11. The molecule has 1 heterocycles. The van der Waals surface area contributed by atoms with Gasteiger partial charge in [-0.25, -0.2) is 12.7 Å². The van der Waals surface area contributed by atoms with Crippen LogP contribution in [0.1, 0.15) is 52.5 Å². The maximum absolute atomic E-state index is 12.2. The molecule has 0 atom stereocenters. The molecule has 7 nitrogen and oxygen atoms in total. The van der Waals surface area contributed by atoms with Crippen molar-refractivity contribution in [2.45, 2.75) is 65.1 Å². The van der Waals surface area contributed by atoms with Crippen molar-refractivity contribution in [1.82, 2.24) is 14.9 Å². The zero-order valence-corrected chi connectivity index (χ0v) is 19.2. The summed E-state index contributed by atoms with van der Waals surface area (Å²) in [6.07, 6.45) is 2.19. The van der Waals surface area contributed by atoms with Crippen LogP contribution in [0.4, 0.5) is 0 Å². The molecule has 0 spiro atoms. The number of aliphatic imine (C=N–C) groups is 1. The second-order valence-corrected chi connectivity index (χ2v) is 10.5. The van der Waals surface area contributed by atoms with Gasteiger partial charge in [0, 0.05) is 38.3 Å². The molecular weight excluding hydrogens is 388 g/mol. The molecule has 0 amide bonds. The molecule has 1 fully saturated rings. The summed E-state index contributed by atoms with van der Waals surface area (Å²) in [7, 11) is -1.37. The average Bonchev–Trinajstić information content (AvgIpc) is 2.65. The summed E-state index contributed by atoms with van der Waals surface area (Å²) >= 11 is 0. The van der Waals surface area contributed by atoms with Gasteiger partial charge in [0.2, 0.25) is 10.0 Å². The molecule has 1 aliphatic heterocycles. The fourth-order valence-corrected chi connectivity index (χ4v) is 4.85. The van der Waals surface area contributed by atoms with Crippen molar-refractivity contribution in [3.05, 3.63) is 29.8 Å². The molecule has 0 aromatic heterocycles. The van der Waals surface area contributed by atoms with Gasteiger partial charge in [-0.2, -0.15) is 0 Å². The Morgan fingerprint density at radius 3 is 2.48 bits per heavy atom. The van der Waals surface area contributed by atoms with E-state index in [2.05, 4.69) is 15.6 Å². The molecule has 1 aromatic rings. The van der Waals surface area contributed by atoms with Crippen molar-refractivity contribution in [2.75, 3.05) is 25.9 Å². The maximum atomic E-state index is 12.2. The molecular formula is C21H36N4O3S. The highest BCUT2D eigenvalue weighted by Gasteiger charge is 2.27. The van der Waals surface area contributed by atoms with Crippen LogP contribution in [-0.4, -0.2) is 56.2 Å². The zero-order valence-electron chi connectivity index (χ0n) is 18.4. The van der Waals surface area contributed by atoms with Gasteiger partial charge in [0.1, 0.15) is 11.4 Å². The predicted octanol–water partition coefficient (Wildman–Crippen LogP) is 2.73. The Labute approximate surface area is 176 Å². The van der Waals surface area contributed by atoms with Crippen LogP contribution >= 0.6 is 0 Å². The Bertz CT molecular complexity index is 779. The highest BCUT2D eigenvalue weighted by molar-refractivity contribution is 7.89. The largest absolute Gasteiger partial charge is 0.488 e. The summed E-state index contributed by atoms with van der Waals surface area (Å²) in [6.45, 7) is 9.70. The lowest BCUT2D eigenvalue weighted by atomic mass is 10.1. The standard InChI is InChI=1S/C21H36N4O3S/c1-6-15-29(26,27)25-13-11-18(12-14-25)24-20(22-5)23-16-17-9-7-8-10-19(17)28-21(2,3)4/h7-10,18H,6,11-16H2,1-5H3,(H2,22,23,24). The van der Waals surface area contributed by atoms with E-state index in [1.165, 1.54) is 0 Å². The number of hydrogen-bond acceptors (Lipinski definition) is 4. The van der Waals surface area contributed by atoms with Crippen LogP contribution in [0.2, 0.25) is 0 Å². The zero-order chi connectivity index (χ0) is 21.5. The van der Waals surface area contributed by atoms with Crippen molar-refractivity contribution in [3.8, 4) is 5.75 Å². The first-order chi connectivity index (χ1) is 13.6. The van der Waals surface area contributed by atoms with Crippen molar-refractivity contribution >= 4 is 16.0 Å². The lowest BCUT2D eigenvalue weighted by molar-refractivity contribution is 0.129. The number of benzene rings is 1. The van der Waals surface area contributed by atoms with Gasteiger partial charge in [-0.15, -0.1) is 0 Å².